The van der Waals surface area contributed by atoms with Gasteiger partial charge in [-0.05, 0) is 12.1 Å². The van der Waals surface area contributed by atoms with Crippen molar-refractivity contribution in [3.63, 3.8) is 0 Å². The van der Waals surface area contributed by atoms with Crippen molar-refractivity contribution in [3.8, 4) is 6.07 Å². The molecule has 0 bridgehead atoms. The number of aromatic nitrogens is 2. The van der Waals surface area contributed by atoms with Gasteiger partial charge in [0.1, 0.15) is 11.6 Å². The lowest BCUT2D eigenvalue weighted by Crippen LogP contribution is -2.35. The molecule has 0 amide bonds. The van der Waals surface area contributed by atoms with Crippen LogP contribution >= 0.6 is 0 Å². The largest absolute Gasteiger partial charge is 0.515 e. The van der Waals surface area contributed by atoms with Gasteiger partial charge in [-0.2, -0.15) is 5.26 Å². The SMILES string of the molecule is COCc1c(C#N)c2nc3ccccc3n2c(=O)/c1=C/O. The smallest absolute Gasteiger partial charge is 0.267 e. The van der Waals surface area contributed by atoms with Crippen molar-refractivity contribution in [1.82, 2.24) is 9.38 Å². The van der Waals surface area contributed by atoms with Crippen LogP contribution in [0.5, 0.6) is 0 Å². The van der Waals surface area contributed by atoms with Crippen molar-refractivity contribution in [2.45, 2.75) is 6.61 Å². The minimum absolute atomic E-state index is 0.0454. The van der Waals surface area contributed by atoms with Gasteiger partial charge in [0.15, 0.2) is 5.65 Å². The molecule has 0 atom stereocenters. The average Bonchev–Trinajstić information content (AvgIpc) is 2.87. The first-order chi connectivity index (χ1) is 10.2. The van der Waals surface area contributed by atoms with E-state index < -0.39 is 5.56 Å². The van der Waals surface area contributed by atoms with E-state index in [1.807, 2.05) is 0 Å². The molecular formula is C15H11N3O3. The fourth-order valence-electron chi connectivity index (χ4n) is 2.46. The monoisotopic (exact) mass is 281 g/mol. The van der Waals surface area contributed by atoms with E-state index in [9.17, 15) is 15.2 Å². The number of aliphatic hydroxyl groups is 1. The summed E-state index contributed by atoms with van der Waals surface area (Å²) in [6, 6.07) is 9.15. The minimum atomic E-state index is -0.424. The highest BCUT2D eigenvalue weighted by Gasteiger charge is 2.18. The van der Waals surface area contributed by atoms with E-state index in [0.29, 0.717) is 22.9 Å². The van der Waals surface area contributed by atoms with Crippen molar-refractivity contribution in [1.29, 1.82) is 5.26 Å². The van der Waals surface area contributed by atoms with Gasteiger partial charge in [-0.3, -0.25) is 9.20 Å². The molecule has 0 spiro atoms. The number of pyridine rings is 1. The fourth-order valence-corrected chi connectivity index (χ4v) is 2.46. The number of benzene rings is 1. The maximum atomic E-state index is 12.6. The summed E-state index contributed by atoms with van der Waals surface area (Å²) in [5.41, 5.74) is 1.64. The molecule has 104 valence electrons. The Kier molecular flexibility index (Phi) is 3.05. The van der Waals surface area contributed by atoms with E-state index in [1.54, 1.807) is 24.3 Å². The lowest BCUT2D eigenvalue weighted by Gasteiger charge is -2.05. The number of fused-ring (bicyclic) bond motifs is 3. The van der Waals surface area contributed by atoms with Crippen molar-refractivity contribution in [3.05, 3.63) is 51.0 Å². The summed E-state index contributed by atoms with van der Waals surface area (Å²) in [4.78, 5) is 16.9. The van der Waals surface area contributed by atoms with Crippen LogP contribution in [0.15, 0.2) is 29.1 Å². The number of nitrogens with zero attached hydrogens (tertiary/aromatic N) is 3. The molecule has 0 radical (unpaired) electrons. The number of rotatable bonds is 2. The summed E-state index contributed by atoms with van der Waals surface area (Å²) in [6.07, 6.45) is 0.714. The molecular weight excluding hydrogens is 270 g/mol. The third-order valence-electron chi connectivity index (χ3n) is 3.37. The van der Waals surface area contributed by atoms with Gasteiger partial charge in [0.25, 0.3) is 5.56 Å². The van der Waals surface area contributed by atoms with Gasteiger partial charge in [0, 0.05) is 12.7 Å². The third-order valence-corrected chi connectivity index (χ3v) is 3.37. The molecule has 0 fully saturated rings. The Balaban J connectivity index is 2.66. The topological polar surface area (TPSA) is 87.6 Å². The van der Waals surface area contributed by atoms with Crippen LogP contribution in [0, 0.1) is 11.3 Å². The Morgan fingerprint density at radius 3 is 2.90 bits per heavy atom. The Hall–Kier alpha value is -2.91. The second-order valence-electron chi connectivity index (χ2n) is 4.51. The predicted molar refractivity (Wildman–Crippen MR) is 76.7 cm³/mol. The molecule has 21 heavy (non-hydrogen) atoms. The Morgan fingerprint density at radius 1 is 1.48 bits per heavy atom. The molecule has 0 saturated heterocycles. The number of aliphatic hydroxyl groups excluding tert-OH is 1. The molecule has 1 N–H and O–H groups in total. The Bertz CT molecular complexity index is 999. The highest BCUT2D eigenvalue weighted by Crippen LogP contribution is 2.18. The van der Waals surface area contributed by atoms with Crippen LogP contribution in [0.2, 0.25) is 0 Å². The quantitative estimate of drug-likeness (QED) is 0.753. The number of nitriles is 1. The number of para-hydroxylation sites is 2. The zero-order valence-corrected chi connectivity index (χ0v) is 11.2. The maximum absolute atomic E-state index is 12.6. The zero-order valence-electron chi connectivity index (χ0n) is 11.2. The van der Waals surface area contributed by atoms with Crippen molar-refractivity contribution in [2.75, 3.05) is 7.11 Å². The van der Waals surface area contributed by atoms with E-state index in [0.717, 1.165) is 0 Å². The molecule has 3 rings (SSSR count). The van der Waals surface area contributed by atoms with Gasteiger partial charge in [0.05, 0.1) is 29.1 Å². The molecule has 0 saturated carbocycles. The Morgan fingerprint density at radius 2 is 2.24 bits per heavy atom. The summed E-state index contributed by atoms with van der Waals surface area (Å²) < 4.78 is 6.38. The van der Waals surface area contributed by atoms with Crippen molar-refractivity contribution < 1.29 is 9.84 Å². The van der Waals surface area contributed by atoms with Gasteiger partial charge < -0.3 is 9.84 Å². The highest BCUT2D eigenvalue weighted by molar-refractivity contribution is 5.82. The first-order valence-electron chi connectivity index (χ1n) is 6.22. The van der Waals surface area contributed by atoms with E-state index >= 15 is 0 Å². The third kappa shape index (κ3) is 1.75. The zero-order chi connectivity index (χ0) is 15.0. The van der Waals surface area contributed by atoms with Gasteiger partial charge in [-0.1, -0.05) is 12.1 Å². The van der Waals surface area contributed by atoms with Crippen LogP contribution in [0.1, 0.15) is 11.1 Å². The molecule has 0 unspecified atom stereocenters. The first-order valence-corrected chi connectivity index (χ1v) is 6.22. The summed E-state index contributed by atoms with van der Waals surface area (Å²) >= 11 is 0. The summed E-state index contributed by atoms with van der Waals surface area (Å²) in [5.74, 6) is 0. The highest BCUT2D eigenvalue weighted by atomic mass is 16.5. The maximum Gasteiger partial charge on any atom is 0.267 e. The predicted octanol–water partition coefficient (Wildman–Crippen LogP) is 0.881. The second kappa shape index (κ2) is 4.89. The van der Waals surface area contributed by atoms with E-state index in [-0.39, 0.29) is 23.0 Å². The summed E-state index contributed by atoms with van der Waals surface area (Å²) in [7, 11) is 1.46. The molecule has 2 heterocycles. The summed E-state index contributed by atoms with van der Waals surface area (Å²) in [5, 5.41) is 18.9. The van der Waals surface area contributed by atoms with Gasteiger partial charge >= 0.3 is 0 Å². The van der Waals surface area contributed by atoms with Crippen molar-refractivity contribution >= 4 is 22.9 Å². The molecule has 3 aromatic rings. The molecule has 2 aromatic heterocycles. The van der Waals surface area contributed by atoms with E-state index in [1.165, 1.54) is 11.5 Å². The van der Waals surface area contributed by atoms with Gasteiger partial charge in [-0.25, -0.2) is 4.98 Å². The molecule has 0 aliphatic heterocycles. The minimum Gasteiger partial charge on any atom is -0.515 e. The van der Waals surface area contributed by atoms with Gasteiger partial charge in [0.2, 0.25) is 0 Å². The average molecular weight is 281 g/mol. The molecule has 1 aromatic carbocycles. The molecule has 0 aliphatic rings. The molecule has 6 heteroatoms. The van der Waals surface area contributed by atoms with E-state index in [4.69, 9.17) is 4.74 Å². The first kappa shape index (κ1) is 13.1. The van der Waals surface area contributed by atoms with Crippen LogP contribution in [0.25, 0.3) is 22.9 Å². The lowest BCUT2D eigenvalue weighted by atomic mass is 10.1. The normalized spacial score (nSPS) is 12.1. The van der Waals surface area contributed by atoms with Crippen LogP contribution < -0.4 is 10.8 Å². The second-order valence-corrected chi connectivity index (χ2v) is 4.51. The van der Waals surface area contributed by atoms with Crippen LogP contribution in [0.4, 0.5) is 0 Å². The number of hydrogen-bond acceptors (Lipinski definition) is 5. The number of hydrogen-bond donors (Lipinski definition) is 1. The van der Waals surface area contributed by atoms with Crippen LogP contribution in [-0.4, -0.2) is 21.6 Å². The molecule has 6 nitrogen and oxygen atoms in total. The van der Waals surface area contributed by atoms with Crippen LogP contribution in [-0.2, 0) is 11.3 Å². The lowest BCUT2D eigenvalue weighted by molar-refractivity contribution is 0.183. The van der Waals surface area contributed by atoms with Crippen LogP contribution in [0.3, 0.4) is 0 Å². The standard InChI is InChI=1S/C15H11N3O3/c1-21-8-11-9(6-16)14-17-12-4-2-3-5-13(12)18(14)15(20)10(11)7-19/h2-5,7,19H,8H2,1H3/b10-7+. The van der Waals surface area contributed by atoms with Crippen molar-refractivity contribution in [2.24, 2.45) is 0 Å². The van der Waals surface area contributed by atoms with E-state index in [2.05, 4.69) is 11.1 Å². The molecule has 0 aliphatic carbocycles. The number of imidazole rings is 1. The summed E-state index contributed by atoms with van der Waals surface area (Å²) in [6.45, 7) is 0.0459. The number of ether oxygens (including phenoxy) is 1. The Labute approximate surface area is 119 Å². The van der Waals surface area contributed by atoms with Gasteiger partial charge in [-0.15, -0.1) is 0 Å². The number of methoxy groups -OCH3 is 1. The fraction of sp³-hybridized carbons (Fsp3) is 0.133.